The number of nitrogens with two attached hydrogens (primary N) is 1. The summed E-state index contributed by atoms with van der Waals surface area (Å²) in [4.78, 5) is 68.4. The van der Waals surface area contributed by atoms with E-state index in [0.717, 1.165) is 35.6 Å². The molecule has 3 aromatic rings. The average Bonchev–Trinajstić information content (AvgIpc) is 3.95. The highest BCUT2D eigenvalue weighted by Gasteiger charge is 2.63. The second-order valence-corrected chi connectivity index (χ2v) is 17.5. The molecule has 5 aliphatic carbocycles. The van der Waals surface area contributed by atoms with Crippen LogP contribution in [-0.2, 0) is 40.1 Å². The number of anilines is 1. The topological polar surface area (TPSA) is 195 Å². The van der Waals surface area contributed by atoms with Gasteiger partial charge in [-0.3, -0.25) is 29.0 Å². The van der Waals surface area contributed by atoms with Crippen LogP contribution < -0.4 is 11.1 Å². The van der Waals surface area contributed by atoms with Crippen LogP contribution in [0.4, 0.5) is 5.69 Å². The molecule has 0 bridgehead atoms. The lowest BCUT2D eigenvalue weighted by molar-refractivity contribution is -0.158. The Balaban J connectivity index is 0.793. The number of benzene rings is 2. The first-order valence-corrected chi connectivity index (χ1v) is 20.4. The fourth-order valence-corrected chi connectivity index (χ4v) is 11.1. The summed E-state index contributed by atoms with van der Waals surface area (Å²) in [6.45, 7) is 3.65. The number of aliphatic hydroxyl groups excluding tert-OH is 2. The van der Waals surface area contributed by atoms with E-state index in [2.05, 4.69) is 24.1 Å². The van der Waals surface area contributed by atoms with Crippen molar-refractivity contribution in [3.8, 4) is 0 Å². The zero-order chi connectivity index (χ0) is 40.9. The van der Waals surface area contributed by atoms with Crippen LogP contribution in [0.25, 0.3) is 10.8 Å². The number of nitrogens with zero attached hydrogens (tertiary/aromatic N) is 1. The third kappa shape index (κ3) is 7.30. The van der Waals surface area contributed by atoms with Crippen LogP contribution in [0.5, 0.6) is 0 Å². The van der Waals surface area contributed by atoms with Gasteiger partial charge in [0, 0.05) is 41.3 Å². The number of aromatic nitrogens is 1. The summed E-state index contributed by atoms with van der Waals surface area (Å²) in [6.07, 6.45) is 10.5. The summed E-state index contributed by atoms with van der Waals surface area (Å²) in [5.74, 6) is -4.13. The van der Waals surface area contributed by atoms with E-state index in [1.807, 2.05) is 30.3 Å². The number of rotatable bonds is 12. The monoisotopic (exact) mass is 789 g/mol. The van der Waals surface area contributed by atoms with Gasteiger partial charge in [-0.2, -0.15) is 0 Å². The number of hydrogen-bond acceptors (Lipinski definition) is 11. The SMILES string of the molecule is C[C@]12C=CC(=O)C=C1CC[C@@H]1[C@@H]2[C@@H](O)C[C@]2(C)C(C(O)C(=O)COC(=O)C3CC3C(=O)OCc3ccc([C@@H](CN)C(=O)Nc4ccc5cnccc5c4)cc3)CC[C@@H]12. The van der Waals surface area contributed by atoms with Gasteiger partial charge in [0.25, 0.3) is 0 Å². The summed E-state index contributed by atoms with van der Waals surface area (Å²) in [7, 11) is 0. The van der Waals surface area contributed by atoms with Gasteiger partial charge in [-0.15, -0.1) is 0 Å². The number of ketones is 2. The Morgan fingerprint density at radius 2 is 1.74 bits per heavy atom. The van der Waals surface area contributed by atoms with Crippen LogP contribution in [0.2, 0.25) is 0 Å². The average molecular weight is 790 g/mol. The molecule has 0 radical (unpaired) electrons. The zero-order valence-electron chi connectivity index (χ0n) is 32.8. The van der Waals surface area contributed by atoms with Crippen LogP contribution in [0.15, 0.2) is 84.7 Å². The van der Waals surface area contributed by atoms with Crippen molar-refractivity contribution in [2.24, 2.45) is 52.1 Å². The minimum Gasteiger partial charge on any atom is -0.461 e. The fourth-order valence-electron chi connectivity index (χ4n) is 11.1. The number of hydrogen-bond donors (Lipinski definition) is 4. The lowest BCUT2D eigenvalue weighted by Gasteiger charge is -2.59. The fraction of sp³-hybridized carbons (Fsp3) is 0.478. The maximum atomic E-state index is 13.3. The molecule has 4 unspecified atom stereocenters. The first-order chi connectivity index (χ1) is 27.8. The number of carbonyl (C=O) groups is 5. The van der Waals surface area contributed by atoms with E-state index in [4.69, 9.17) is 15.2 Å². The van der Waals surface area contributed by atoms with Crippen molar-refractivity contribution in [2.45, 2.75) is 77.1 Å². The Hall–Kier alpha value is -5.04. The van der Waals surface area contributed by atoms with Crippen LogP contribution in [-0.4, -0.2) is 70.0 Å². The number of ether oxygens (including phenoxy) is 2. The lowest BCUT2D eigenvalue weighted by Crippen LogP contribution is -2.57. The van der Waals surface area contributed by atoms with E-state index in [9.17, 15) is 34.2 Å². The number of esters is 2. The summed E-state index contributed by atoms with van der Waals surface area (Å²) in [5, 5.41) is 27.8. The molecule has 8 rings (SSSR count). The van der Waals surface area contributed by atoms with E-state index in [1.165, 1.54) is 0 Å². The quantitative estimate of drug-likeness (QED) is 0.181. The van der Waals surface area contributed by atoms with Crippen LogP contribution in [0.1, 0.15) is 69.4 Å². The molecular weight excluding hydrogens is 739 g/mol. The van der Waals surface area contributed by atoms with Gasteiger partial charge in [0.2, 0.25) is 5.91 Å². The molecule has 4 fully saturated rings. The Labute approximate surface area is 337 Å². The maximum Gasteiger partial charge on any atom is 0.310 e. The minimum absolute atomic E-state index is 0.0152. The maximum absolute atomic E-state index is 13.3. The van der Waals surface area contributed by atoms with Crippen molar-refractivity contribution in [1.82, 2.24) is 4.98 Å². The highest BCUT2D eigenvalue weighted by molar-refractivity contribution is 6.01. The molecule has 0 aliphatic heterocycles. The number of pyridine rings is 1. The minimum atomic E-state index is -1.35. The molecule has 11 atom stereocenters. The van der Waals surface area contributed by atoms with Gasteiger partial charge in [0.15, 0.2) is 18.2 Å². The first-order valence-electron chi connectivity index (χ1n) is 20.4. The number of allylic oxidation sites excluding steroid dienone is 4. The van der Waals surface area contributed by atoms with Crippen LogP contribution >= 0.6 is 0 Å². The molecule has 0 saturated heterocycles. The molecular formula is C46H51N3O9. The number of aliphatic hydroxyl groups is 2. The number of nitrogens with one attached hydrogen (secondary N) is 1. The Bertz CT molecular complexity index is 2200. The van der Waals surface area contributed by atoms with Crippen molar-refractivity contribution in [3.63, 3.8) is 0 Å². The van der Waals surface area contributed by atoms with E-state index in [-0.39, 0.29) is 49.0 Å². The zero-order valence-corrected chi connectivity index (χ0v) is 32.8. The first kappa shape index (κ1) is 39.8. The second-order valence-electron chi connectivity index (χ2n) is 17.5. The Morgan fingerprint density at radius 3 is 2.50 bits per heavy atom. The van der Waals surface area contributed by atoms with Gasteiger partial charge in [-0.25, -0.2) is 0 Å². The lowest BCUT2D eigenvalue weighted by atomic mass is 9.46. The van der Waals surface area contributed by atoms with Gasteiger partial charge in [-0.05, 0) is 109 Å². The molecule has 58 heavy (non-hydrogen) atoms. The number of fused-ring (bicyclic) bond motifs is 6. The Kier molecular flexibility index (Phi) is 10.7. The van der Waals surface area contributed by atoms with Gasteiger partial charge in [0.05, 0.1) is 23.9 Å². The van der Waals surface area contributed by atoms with Crippen molar-refractivity contribution in [2.75, 3.05) is 18.5 Å². The molecule has 1 aromatic heterocycles. The molecule has 1 heterocycles. The number of amides is 1. The van der Waals surface area contributed by atoms with E-state index in [0.29, 0.717) is 29.7 Å². The third-order valence-electron chi connectivity index (χ3n) is 14.3. The molecule has 12 nitrogen and oxygen atoms in total. The van der Waals surface area contributed by atoms with Crippen molar-refractivity contribution < 1.29 is 43.7 Å². The highest BCUT2D eigenvalue weighted by atomic mass is 16.5. The Morgan fingerprint density at radius 1 is 0.983 bits per heavy atom. The summed E-state index contributed by atoms with van der Waals surface area (Å²) in [6, 6.07) is 14.5. The molecule has 1 amide bonds. The largest absolute Gasteiger partial charge is 0.461 e. The summed E-state index contributed by atoms with van der Waals surface area (Å²) >= 11 is 0. The predicted octanol–water partition coefficient (Wildman–Crippen LogP) is 4.96. The third-order valence-corrected chi connectivity index (χ3v) is 14.3. The van der Waals surface area contributed by atoms with Crippen LogP contribution in [0.3, 0.4) is 0 Å². The molecule has 2 aromatic carbocycles. The van der Waals surface area contributed by atoms with Crippen molar-refractivity contribution in [1.29, 1.82) is 0 Å². The van der Waals surface area contributed by atoms with E-state index >= 15 is 0 Å². The molecule has 0 spiro atoms. The normalized spacial score (nSPS) is 31.8. The van der Waals surface area contributed by atoms with Crippen molar-refractivity contribution >= 4 is 45.9 Å². The van der Waals surface area contributed by atoms with E-state index in [1.54, 1.807) is 48.8 Å². The van der Waals surface area contributed by atoms with Gasteiger partial charge in [0.1, 0.15) is 12.7 Å². The van der Waals surface area contributed by atoms with Gasteiger partial charge >= 0.3 is 11.9 Å². The van der Waals surface area contributed by atoms with Crippen molar-refractivity contribution in [3.05, 3.63) is 95.9 Å². The number of Topliss-reactive ketones (excluding diaryl/α,β-unsaturated/α-hetero) is 1. The van der Waals surface area contributed by atoms with Gasteiger partial charge < -0.3 is 30.7 Å². The molecule has 4 saturated carbocycles. The number of carbonyl (C=O) groups excluding carboxylic acids is 5. The molecule has 5 N–H and O–H groups in total. The van der Waals surface area contributed by atoms with E-state index < -0.39 is 71.0 Å². The standard InChI is InChI=1S/C46H51N3O9/c1-45-15-13-31(50)18-29(45)8-10-32-36-11-12-37(46(36,2)20-38(51)40(32)45)41(53)39(52)24-58-44(56)34-19-33(34)43(55)57-23-25-3-5-26(6-4-25)35(21-47)42(54)49-30-9-7-28-22-48-16-14-27(28)17-30/h3-7,9,13-18,22,32-38,40-41,51,53H,8,10-12,19-21,23-24,47H2,1-2H3,(H,49,54)/t32-,33?,34?,35+,36-,37?,38-,40+,41?,45-,46-/m0/s1. The van der Waals surface area contributed by atoms with Gasteiger partial charge in [-0.1, -0.05) is 55.8 Å². The molecule has 12 heteroatoms. The second kappa shape index (κ2) is 15.6. The summed E-state index contributed by atoms with van der Waals surface area (Å²) < 4.78 is 10.8. The highest BCUT2D eigenvalue weighted by Crippen LogP contribution is 2.66. The smallest absolute Gasteiger partial charge is 0.310 e. The van der Waals surface area contributed by atoms with Crippen LogP contribution in [0, 0.1) is 46.3 Å². The summed E-state index contributed by atoms with van der Waals surface area (Å²) in [5.41, 5.74) is 8.25. The molecule has 5 aliphatic rings. The predicted molar refractivity (Wildman–Crippen MR) is 213 cm³/mol. The molecule has 304 valence electrons.